The molecule has 0 atom stereocenters. The Bertz CT molecular complexity index is 987. The predicted molar refractivity (Wildman–Crippen MR) is 103 cm³/mol. The molecule has 2 aromatic carbocycles. The van der Waals surface area contributed by atoms with Crippen LogP contribution in [0.2, 0.25) is 0 Å². The molecule has 4 rings (SSSR count). The molecule has 4 nitrogen and oxygen atoms in total. The third-order valence-electron chi connectivity index (χ3n) is 4.03. The second kappa shape index (κ2) is 7.42. The number of nitrogens with zero attached hydrogens (tertiary/aromatic N) is 2. The highest BCUT2D eigenvalue weighted by Crippen LogP contribution is 2.36. The molecule has 2 heterocycles. The Morgan fingerprint density at radius 1 is 1.08 bits per heavy atom. The summed E-state index contributed by atoms with van der Waals surface area (Å²) in [6.07, 6.45) is 2.66. The van der Waals surface area contributed by atoms with Crippen LogP contribution in [0.1, 0.15) is 17.0 Å². The third-order valence-corrected chi connectivity index (χ3v) is 4.90. The maximum absolute atomic E-state index is 9.66. The van der Waals surface area contributed by atoms with Gasteiger partial charge in [0, 0.05) is 22.9 Å². The van der Waals surface area contributed by atoms with E-state index in [2.05, 4.69) is 11.1 Å². The Morgan fingerprint density at radius 2 is 1.92 bits per heavy atom. The number of fused-ring (bicyclic) bond motifs is 1. The Hall–Kier alpha value is -3.10. The van der Waals surface area contributed by atoms with Gasteiger partial charge in [0.05, 0.1) is 24.5 Å². The first-order valence-corrected chi connectivity index (χ1v) is 9.25. The van der Waals surface area contributed by atoms with Crippen molar-refractivity contribution in [2.45, 2.75) is 6.42 Å². The molecule has 3 aromatic rings. The first-order valence-electron chi connectivity index (χ1n) is 8.37. The van der Waals surface area contributed by atoms with Gasteiger partial charge < -0.3 is 9.47 Å². The van der Waals surface area contributed by atoms with Crippen molar-refractivity contribution in [3.63, 3.8) is 0 Å². The van der Waals surface area contributed by atoms with Crippen molar-refractivity contribution in [1.82, 2.24) is 4.98 Å². The van der Waals surface area contributed by atoms with Gasteiger partial charge in [-0.05, 0) is 12.1 Å². The van der Waals surface area contributed by atoms with E-state index in [1.807, 2.05) is 60.0 Å². The fourth-order valence-electron chi connectivity index (χ4n) is 2.77. The number of rotatable bonds is 3. The van der Waals surface area contributed by atoms with E-state index in [9.17, 15) is 5.26 Å². The van der Waals surface area contributed by atoms with Crippen LogP contribution < -0.4 is 9.47 Å². The summed E-state index contributed by atoms with van der Waals surface area (Å²) >= 11 is 1.46. The van der Waals surface area contributed by atoms with Gasteiger partial charge in [0.1, 0.15) is 11.1 Å². The SMILES string of the molecule is N#C/C(=C/c1cccc2c1OCCCO2)c1nc(-c2ccccc2)cs1. The maximum atomic E-state index is 9.66. The van der Waals surface area contributed by atoms with E-state index < -0.39 is 0 Å². The van der Waals surface area contributed by atoms with Crippen LogP contribution in [0.4, 0.5) is 0 Å². The van der Waals surface area contributed by atoms with E-state index in [0.717, 1.165) is 29.0 Å². The number of nitriles is 1. The summed E-state index contributed by atoms with van der Waals surface area (Å²) in [7, 11) is 0. The zero-order valence-corrected chi connectivity index (χ0v) is 14.8. The molecule has 0 bridgehead atoms. The Labute approximate surface area is 156 Å². The van der Waals surface area contributed by atoms with Gasteiger partial charge in [0.25, 0.3) is 0 Å². The zero-order valence-electron chi connectivity index (χ0n) is 14.0. The minimum absolute atomic E-state index is 0.512. The first-order chi connectivity index (χ1) is 12.8. The smallest absolute Gasteiger partial charge is 0.168 e. The quantitative estimate of drug-likeness (QED) is 0.614. The minimum atomic E-state index is 0.512. The molecule has 0 aliphatic carbocycles. The van der Waals surface area contributed by atoms with Gasteiger partial charge >= 0.3 is 0 Å². The number of ether oxygens (including phenoxy) is 2. The highest BCUT2D eigenvalue weighted by molar-refractivity contribution is 7.11. The molecule has 0 N–H and O–H groups in total. The molecule has 0 radical (unpaired) electrons. The van der Waals surface area contributed by atoms with E-state index in [4.69, 9.17) is 9.47 Å². The van der Waals surface area contributed by atoms with Crippen LogP contribution in [0.3, 0.4) is 0 Å². The Balaban J connectivity index is 1.71. The topological polar surface area (TPSA) is 55.1 Å². The second-order valence-electron chi connectivity index (χ2n) is 5.80. The van der Waals surface area contributed by atoms with Crippen LogP contribution in [0.15, 0.2) is 53.9 Å². The van der Waals surface area contributed by atoms with Crippen molar-refractivity contribution < 1.29 is 9.47 Å². The zero-order chi connectivity index (χ0) is 17.8. The second-order valence-corrected chi connectivity index (χ2v) is 6.66. The molecule has 26 heavy (non-hydrogen) atoms. The van der Waals surface area contributed by atoms with E-state index in [1.165, 1.54) is 11.3 Å². The monoisotopic (exact) mass is 360 g/mol. The fraction of sp³-hybridized carbons (Fsp3) is 0.143. The van der Waals surface area contributed by atoms with Gasteiger partial charge in [-0.25, -0.2) is 4.98 Å². The summed E-state index contributed by atoms with van der Waals surface area (Å²) in [5.41, 5.74) is 3.26. The summed E-state index contributed by atoms with van der Waals surface area (Å²) in [5, 5.41) is 12.3. The average Bonchev–Trinajstić information content (AvgIpc) is 3.05. The van der Waals surface area contributed by atoms with E-state index in [0.29, 0.717) is 29.5 Å². The van der Waals surface area contributed by atoms with Crippen LogP contribution >= 0.6 is 11.3 Å². The number of hydrogen-bond acceptors (Lipinski definition) is 5. The molecular weight excluding hydrogens is 344 g/mol. The fourth-order valence-corrected chi connectivity index (χ4v) is 3.56. The van der Waals surface area contributed by atoms with E-state index in [1.54, 1.807) is 0 Å². The number of aromatic nitrogens is 1. The van der Waals surface area contributed by atoms with Crippen molar-refractivity contribution in [2.75, 3.05) is 13.2 Å². The molecular formula is C21H16N2O2S. The minimum Gasteiger partial charge on any atom is -0.490 e. The van der Waals surface area contributed by atoms with Crippen molar-refractivity contribution in [2.24, 2.45) is 0 Å². The highest BCUT2D eigenvalue weighted by Gasteiger charge is 2.15. The van der Waals surface area contributed by atoms with Crippen molar-refractivity contribution in [3.05, 3.63) is 64.5 Å². The number of hydrogen-bond donors (Lipinski definition) is 0. The lowest BCUT2D eigenvalue weighted by Gasteiger charge is -2.10. The largest absolute Gasteiger partial charge is 0.490 e. The number of thiazole rings is 1. The van der Waals surface area contributed by atoms with Gasteiger partial charge in [-0.3, -0.25) is 0 Å². The van der Waals surface area contributed by atoms with Crippen LogP contribution in [0, 0.1) is 11.3 Å². The average molecular weight is 360 g/mol. The molecule has 0 saturated carbocycles. The molecule has 0 fully saturated rings. The normalized spacial score (nSPS) is 13.7. The Morgan fingerprint density at radius 3 is 2.77 bits per heavy atom. The summed E-state index contributed by atoms with van der Waals surface area (Å²) < 4.78 is 11.6. The lowest BCUT2D eigenvalue weighted by Crippen LogP contribution is -1.98. The molecule has 0 unspecified atom stereocenters. The van der Waals surface area contributed by atoms with Crippen molar-refractivity contribution in [3.8, 4) is 28.8 Å². The molecule has 1 aliphatic heterocycles. The molecule has 5 heteroatoms. The van der Waals surface area contributed by atoms with Crippen molar-refractivity contribution in [1.29, 1.82) is 5.26 Å². The summed E-state index contributed by atoms with van der Waals surface area (Å²) in [5.74, 6) is 1.41. The van der Waals surface area contributed by atoms with Gasteiger partial charge in [-0.2, -0.15) is 5.26 Å². The van der Waals surface area contributed by atoms with Gasteiger partial charge in [0.15, 0.2) is 11.5 Å². The lowest BCUT2D eigenvalue weighted by molar-refractivity contribution is 0.296. The van der Waals surface area contributed by atoms with E-state index >= 15 is 0 Å². The molecule has 0 saturated heterocycles. The molecule has 0 spiro atoms. The summed E-state index contributed by atoms with van der Waals surface area (Å²) in [6, 6.07) is 17.9. The van der Waals surface area contributed by atoms with E-state index in [-0.39, 0.29) is 0 Å². The first kappa shape index (κ1) is 16.4. The number of allylic oxidation sites excluding steroid dienone is 1. The molecule has 1 aliphatic rings. The van der Waals surface area contributed by atoms with Gasteiger partial charge in [0.2, 0.25) is 0 Å². The van der Waals surface area contributed by atoms with Crippen LogP contribution in [-0.4, -0.2) is 18.2 Å². The maximum Gasteiger partial charge on any atom is 0.168 e. The van der Waals surface area contributed by atoms with Crippen LogP contribution in [0.5, 0.6) is 11.5 Å². The third kappa shape index (κ3) is 3.32. The van der Waals surface area contributed by atoms with Gasteiger partial charge in [-0.1, -0.05) is 42.5 Å². The van der Waals surface area contributed by atoms with Crippen LogP contribution in [0.25, 0.3) is 22.9 Å². The lowest BCUT2D eigenvalue weighted by atomic mass is 10.1. The molecule has 0 amide bonds. The van der Waals surface area contributed by atoms with Gasteiger partial charge in [-0.15, -0.1) is 11.3 Å². The standard InChI is InChI=1S/C21H16N2O2S/c22-13-17(21-23-18(14-26-21)15-6-2-1-3-7-15)12-16-8-4-9-19-20(16)25-11-5-10-24-19/h1-4,6-9,12,14H,5,10-11H2/b17-12-. The summed E-state index contributed by atoms with van der Waals surface area (Å²) in [6.45, 7) is 1.24. The molecule has 128 valence electrons. The number of para-hydroxylation sites is 1. The summed E-state index contributed by atoms with van der Waals surface area (Å²) in [4.78, 5) is 4.63. The molecule has 1 aromatic heterocycles. The van der Waals surface area contributed by atoms with Crippen molar-refractivity contribution >= 4 is 23.0 Å². The number of benzene rings is 2. The highest BCUT2D eigenvalue weighted by atomic mass is 32.1. The van der Waals surface area contributed by atoms with Crippen LogP contribution in [-0.2, 0) is 0 Å². The predicted octanol–water partition coefficient (Wildman–Crippen LogP) is 5.04. The Kier molecular flexibility index (Phi) is 4.67.